The number of hydrogen-bond donors (Lipinski definition) is 2. The van der Waals surface area contributed by atoms with Crippen LogP contribution in [0.1, 0.15) is 30.7 Å². The average Bonchev–Trinajstić information content (AvgIpc) is 2.98. The van der Waals surface area contributed by atoms with Gasteiger partial charge in [-0.25, -0.2) is 9.97 Å². The Bertz CT molecular complexity index is 581. The van der Waals surface area contributed by atoms with E-state index in [0.717, 1.165) is 11.4 Å². The zero-order valence-electron chi connectivity index (χ0n) is 11.8. The van der Waals surface area contributed by atoms with Crippen LogP contribution in [0.3, 0.4) is 0 Å². The molecule has 0 spiro atoms. The van der Waals surface area contributed by atoms with E-state index in [0.29, 0.717) is 29.5 Å². The minimum atomic E-state index is -0.123. The lowest BCUT2D eigenvalue weighted by Crippen LogP contribution is -2.14. The summed E-state index contributed by atoms with van der Waals surface area (Å²) in [5.74, 6) is -0.246. The normalized spacial score (nSPS) is 10.4. The number of carbonyl (C=O) groups is 2. The van der Waals surface area contributed by atoms with Gasteiger partial charge in [-0.2, -0.15) is 0 Å². The van der Waals surface area contributed by atoms with Crippen molar-refractivity contribution in [3.8, 4) is 0 Å². The monoisotopic (exact) mass is 324 g/mol. The Morgan fingerprint density at radius 2 is 1.38 bits per heavy atom. The summed E-state index contributed by atoms with van der Waals surface area (Å²) < 4.78 is 0. The number of anilines is 2. The lowest BCUT2D eigenvalue weighted by atomic mass is 10.2. The van der Waals surface area contributed by atoms with Crippen LogP contribution in [0.2, 0.25) is 0 Å². The molecule has 112 valence electrons. The van der Waals surface area contributed by atoms with Crippen LogP contribution >= 0.6 is 22.7 Å². The minimum Gasteiger partial charge on any atom is -0.302 e. The molecule has 0 fully saturated rings. The highest BCUT2D eigenvalue weighted by atomic mass is 32.1. The first kappa shape index (κ1) is 15.6. The quantitative estimate of drug-likeness (QED) is 0.855. The first-order chi connectivity index (χ1) is 10.0. The number of carbonyl (C=O) groups excluding carboxylic acids is 2. The molecular weight excluding hydrogens is 308 g/mol. The molecule has 21 heavy (non-hydrogen) atoms. The molecule has 0 aliphatic carbocycles. The third-order valence-electron chi connectivity index (χ3n) is 2.54. The summed E-state index contributed by atoms with van der Waals surface area (Å²) in [6, 6.07) is 0. The highest BCUT2D eigenvalue weighted by molar-refractivity contribution is 7.14. The number of nitrogens with one attached hydrogen (secondary N) is 2. The summed E-state index contributed by atoms with van der Waals surface area (Å²) in [7, 11) is 0. The largest absolute Gasteiger partial charge is 0.302 e. The SMILES string of the molecule is Cc1csc(NC(=O)CCCC(=O)Nc2nc(C)cs2)n1. The van der Waals surface area contributed by atoms with Crippen molar-refractivity contribution in [3.05, 3.63) is 22.1 Å². The van der Waals surface area contributed by atoms with Gasteiger partial charge >= 0.3 is 0 Å². The van der Waals surface area contributed by atoms with E-state index in [4.69, 9.17) is 0 Å². The predicted molar refractivity (Wildman–Crippen MR) is 84.8 cm³/mol. The van der Waals surface area contributed by atoms with Gasteiger partial charge in [-0.05, 0) is 20.3 Å². The van der Waals surface area contributed by atoms with Crippen molar-refractivity contribution in [2.24, 2.45) is 0 Å². The molecule has 2 heterocycles. The van der Waals surface area contributed by atoms with Crippen LogP contribution in [0.5, 0.6) is 0 Å². The molecule has 6 nitrogen and oxygen atoms in total. The Kier molecular flexibility index (Phi) is 5.40. The van der Waals surface area contributed by atoms with E-state index in [9.17, 15) is 9.59 Å². The van der Waals surface area contributed by atoms with Crippen molar-refractivity contribution in [2.45, 2.75) is 33.1 Å². The molecule has 2 amide bonds. The molecule has 2 aromatic rings. The van der Waals surface area contributed by atoms with Crippen molar-refractivity contribution >= 4 is 44.8 Å². The van der Waals surface area contributed by atoms with Crippen LogP contribution in [0.25, 0.3) is 0 Å². The van der Waals surface area contributed by atoms with Crippen molar-refractivity contribution < 1.29 is 9.59 Å². The maximum atomic E-state index is 11.7. The highest BCUT2D eigenvalue weighted by Gasteiger charge is 2.08. The number of aryl methyl sites for hydroxylation is 2. The van der Waals surface area contributed by atoms with Gasteiger partial charge in [0.25, 0.3) is 0 Å². The van der Waals surface area contributed by atoms with E-state index in [-0.39, 0.29) is 11.8 Å². The maximum absolute atomic E-state index is 11.7. The Hall–Kier alpha value is -1.80. The van der Waals surface area contributed by atoms with Crippen molar-refractivity contribution in [1.82, 2.24) is 9.97 Å². The lowest BCUT2D eigenvalue weighted by Gasteiger charge is -2.02. The van der Waals surface area contributed by atoms with Gasteiger partial charge in [-0.1, -0.05) is 0 Å². The predicted octanol–water partition coefficient (Wildman–Crippen LogP) is 2.96. The highest BCUT2D eigenvalue weighted by Crippen LogP contribution is 2.16. The van der Waals surface area contributed by atoms with E-state index < -0.39 is 0 Å². The first-order valence-electron chi connectivity index (χ1n) is 6.47. The van der Waals surface area contributed by atoms with Crippen LogP contribution in [-0.2, 0) is 9.59 Å². The molecular formula is C13H16N4O2S2. The van der Waals surface area contributed by atoms with Gasteiger partial charge in [0.05, 0.1) is 11.4 Å². The third-order valence-corrected chi connectivity index (χ3v) is 4.29. The first-order valence-corrected chi connectivity index (χ1v) is 8.23. The summed E-state index contributed by atoms with van der Waals surface area (Å²) in [4.78, 5) is 31.7. The number of amides is 2. The topological polar surface area (TPSA) is 84.0 Å². The lowest BCUT2D eigenvalue weighted by molar-refractivity contribution is -0.117. The fourth-order valence-corrected chi connectivity index (χ4v) is 3.00. The Balaban J connectivity index is 1.66. The molecule has 2 N–H and O–H groups in total. The zero-order valence-corrected chi connectivity index (χ0v) is 13.4. The van der Waals surface area contributed by atoms with Crippen molar-refractivity contribution in [3.63, 3.8) is 0 Å². The van der Waals surface area contributed by atoms with E-state index in [1.165, 1.54) is 22.7 Å². The summed E-state index contributed by atoms with van der Waals surface area (Å²) >= 11 is 2.79. The van der Waals surface area contributed by atoms with Gasteiger partial charge < -0.3 is 10.6 Å². The molecule has 0 saturated carbocycles. The van der Waals surface area contributed by atoms with Crippen LogP contribution in [-0.4, -0.2) is 21.8 Å². The second-order valence-corrected chi connectivity index (χ2v) is 6.25. The van der Waals surface area contributed by atoms with Crippen LogP contribution in [0.4, 0.5) is 10.3 Å². The molecule has 2 aromatic heterocycles. The smallest absolute Gasteiger partial charge is 0.226 e. The molecule has 0 bridgehead atoms. The van der Waals surface area contributed by atoms with Gasteiger partial charge in [0.15, 0.2) is 10.3 Å². The second kappa shape index (κ2) is 7.28. The Labute approximate surface area is 130 Å². The van der Waals surface area contributed by atoms with Gasteiger partial charge in [-0.15, -0.1) is 22.7 Å². The summed E-state index contributed by atoms with van der Waals surface area (Å²) in [5.41, 5.74) is 1.77. The molecule has 0 aliphatic heterocycles. The molecule has 2 rings (SSSR count). The average molecular weight is 324 g/mol. The molecule has 0 unspecified atom stereocenters. The van der Waals surface area contributed by atoms with Crippen molar-refractivity contribution in [2.75, 3.05) is 10.6 Å². The molecule has 0 atom stereocenters. The Morgan fingerprint density at radius 1 is 0.952 bits per heavy atom. The number of thiazole rings is 2. The molecule has 8 heteroatoms. The van der Waals surface area contributed by atoms with E-state index in [1.54, 1.807) is 0 Å². The van der Waals surface area contributed by atoms with E-state index in [1.807, 2.05) is 24.6 Å². The maximum Gasteiger partial charge on any atom is 0.226 e. The van der Waals surface area contributed by atoms with Gasteiger partial charge in [0.1, 0.15) is 0 Å². The number of hydrogen-bond acceptors (Lipinski definition) is 6. The molecule has 0 aromatic carbocycles. The van der Waals surface area contributed by atoms with Crippen LogP contribution in [0, 0.1) is 13.8 Å². The Morgan fingerprint density at radius 3 is 1.71 bits per heavy atom. The fraction of sp³-hybridized carbons (Fsp3) is 0.385. The van der Waals surface area contributed by atoms with E-state index in [2.05, 4.69) is 20.6 Å². The van der Waals surface area contributed by atoms with Crippen molar-refractivity contribution in [1.29, 1.82) is 0 Å². The molecule has 0 saturated heterocycles. The summed E-state index contributed by atoms with van der Waals surface area (Å²) in [6.45, 7) is 3.74. The summed E-state index contributed by atoms with van der Waals surface area (Å²) in [6.07, 6.45) is 1.08. The van der Waals surface area contributed by atoms with Gasteiger partial charge in [0.2, 0.25) is 11.8 Å². The third kappa shape index (κ3) is 5.24. The number of nitrogens with zero attached hydrogens (tertiary/aromatic N) is 2. The van der Waals surface area contributed by atoms with Crippen LogP contribution in [0.15, 0.2) is 10.8 Å². The standard InChI is InChI=1S/C13H16N4O2S2/c1-8-6-20-12(14-8)16-10(18)4-3-5-11(19)17-13-15-9(2)7-21-13/h6-7H,3-5H2,1-2H3,(H,14,16,18)(H,15,17,19). The number of rotatable bonds is 6. The number of aromatic nitrogens is 2. The van der Waals surface area contributed by atoms with Gasteiger partial charge in [0, 0.05) is 23.6 Å². The zero-order chi connectivity index (χ0) is 15.2. The molecule has 0 aliphatic rings. The summed E-state index contributed by atoms with van der Waals surface area (Å²) in [5, 5.41) is 10.4. The fourth-order valence-electron chi connectivity index (χ4n) is 1.60. The minimum absolute atomic E-state index is 0.123. The molecule has 0 radical (unpaired) electrons. The van der Waals surface area contributed by atoms with Gasteiger partial charge in [-0.3, -0.25) is 9.59 Å². The second-order valence-electron chi connectivity index (χ2n) is 4.54. The van der Waals surface area contributed by atoms with E-state index >= 15 is 0 Å². The van der Waals surface area contributed by atoms with Crippen LogP contribution < -0.4 is 10.6 Å².